The molecule has 1 aliphatic rings. The number of hydrogen-bond acceptors (Lipinski definition) is 0. The van der Waals surface area contributed by atoms with E-state index in [-0.39, 0.29) is 0 Å². The third-order valence-corrected chi connectivity index (χ3v) is 8.50. The van der Waals surface area contributed by atoms with Gasteiger partial charge in [0, 0.05) is 0 Å². The molecule has 0 spiro atoms. The van der Waals surface area contributed by atoms with Gasteiger partial charge in [0.05, 0.1) is 0 Å². The highest BCUT2D eigenvalue weighted by atomic mass is 14.4. The second-order valence-electron chi connectivity index (χ2n) is 11.9. The maximum Gasteiger partial charge on any atom is -0.00141 e. The molecule has 0 heterocycles. The van der Waals surface area contributed by atoms with Crippen LogP contribution < -0.4 is 0 Å². The first kappa shape index (κ1) is 27.0. The molecular formula is C34H52. The summed E-state index contributed by atoms with van der Waals surface area (Å²) in [6.45, 7) is 29.0. The Morgan fingerprint density at radius 3 is 0.853 bits per heavy atom. The smallest absolute Gasteiger partial charge is 0.00141 e. The fourth-order valence-electron chi connectivity index (χ4n) is 7.49. The fraction of sp³-hybridized carbons (Fsp3) is 0.647. The van der Waals surface area contributed by atoms with Crippen LogP contribution in [0.3, 0.4) is 0 Å². The maximum atomic E-state index is 2.44. The first-order valence-electron chi connectivity index (χ1n) is 14.4. The van der Waals surface area contributed by atoms with Gasteiger partial charge in [-0.05, 0) is 129 Å². The van der Waals surface area contributed by atoms with E-state index in [9.17, 15) is 0 Å². The van der Waals surface area contributed by atoms with Gasteiger partial charge in [-0.1, -0.05) is 83.1 Å². The molecule has 3 rings (SSSR count). The lowest BCUT2D eigenvalue weighted by molar-refractivity contribution is 0.697. The number of rotatable bonds is 8. The standard InChI is InChI=1S/C34H52/c1-13-23-24(14-2)26(16-4)28-18-30-29(17-27(28)25(23)15-3)31(19(5)6)33(21(9)10)34(22(11)12)32(30)20(7)8/h19-22H,13-18H2,1-12H3. The van der Waals surface area contributed by atoms with Gasteiger partial charge in [-0.2, -0.15) is 0 Å². The molecule has 34 heavy (non-hydrogen) atoms. The van der Waals surface area contributed by atoms with Crippen LogP contribution in [0.5, 0.6) is 0 Å². The normalized spacial score (nSPS) is 13.4. The average molecular weight is 461 g/mol. The third-order valence-electron chi connectivity index (χ3n) is 8.50. The molecule has 0 fully saturated rings. The largest absolute Gasteiger partial charge is 0.0613 e. The first-order chi connectivity index (χ1) is 16.0. The van der Waals surface area contributed by atoms with Crippen LogP contribution in [-0.4, -0.2) is 0 Å². The summed E-state index contributed by atoms with van der Waals surface area (Å²) in [5.74, 6) is 2.24. The van der Waals surface area contributed by atoms with Crippen LogP contribution in [0.25, 0.3) is 0 Å². The van der Waals surface area contributed by atoms with E-state index in [2.05, 4.69) is 83.1 Å². The maximum absolute atomic E-state index is 2.44. The van der Waals surface area contributed by atoms with Crippen molar-refractivity contribution in [2.24, 2.45) is 0 Å². The second kappa shape index (κ2) is 10.6. The van der Waals surface area contributed by atoms with Gasteiger partial charge < -0.3 is 0 Å². The molecule has 0 saturated heterocycles. The first-order valence-corrected chi connectivity index (χ1v) is 14.4. The molecular weight excluding hydrogens is 408 g/mol. The highest BCUT2D eigenvalue weighted by molar-refractivity contribution is 5.65. The second-order valence-corrected chi connectivity index (χ2v) is 11.9. The summed E-state index contributed by atoms with van der Waals surface area (Å²) >= 11 is 0. The predicted molar refractivity (Wildman–Crippen MR) is 152 cm³/mol. The highest BCUT2D eigenvalue weighted by Crippen LogP contribution is 2.48. The molecule has 0 heteroatoms. The third kappa shape index (κ3) is 4.29. The summed E-state index contributed by atoms with van der Waals surface area (Å²) in [7, 11) is 0. The van der Waals surface area contributed by atoms with Crippen molar-refractivity contribution in [1.29, 1.82) is 0 Å². The van der Waals surface area contributed by atoms with Crippen molar-refractivity contribution in [2.75, 3.05) is 0 Å². The highest BCUT2D eigenvalue weighted by Gasteiger charge is 2.33. The van der Waals surface area contributed by atoms with Crippen molar-refractivity contribution < 1.29 is 0 Å². The van der Waals surface area contributed by atoms with E-state index in [0.29, 0.717) is 23.7 Å². The number of hydrogen-bond donors (Lipinski definition) is 0. The van der Waals surface area contributed by atoms with Crippen molar-refractivity contribution in [3.8, 4) is 0 Å². The Labute approximate surface area is 212 Å². The van der Waals surface area contributed by atoms with Crippen LogP contribution in [0.1, 0.15) is 174 Å². The van der Waals surface area contributed by atoms with Crippen molar-refractivity contribution in [3.05, 3.63) is 66.8 Å². The minimum Gasteiger partial charge on any atom is -0.0613 e. The molecule has 0 N–H and O–H groups in total. The molecule has 0 aromatic heterocycles. The fourth-order valence-corrected chi connectivity index (χ4v) is 7.49. The summed E-state index contributed by atoms with van der Waals surface area (Å²) in [6.07, 6.45) is 6.93. The lowest BCUT2D eigenvalue weighted by Gasteiger charge is -2.37. The Balaban J connectivity index is 2.52. The van der Waals surface area contributed by atoms with E-state index in [0.717, 1.165) is 38.5 Å². The topological polar surface area (TPSA) is 0 Å². The van der Waals surface area contributed by atoms with Crippen molar-refractivity contribution in [3.63, 3.8) is 0 Å². The van der Waals surface area contributed by atoms with E-state index in [4.69, 9.17) is 0 Å². The van der Waals surface area contributed by atoms with E-state index >= 15 is 0 Å². The summed E-state index contributed by atoms with van der Waals surface area (Å²) in [5, 5.41) is 0. The van der Waals surface area contributed by atoms with E-state index in [1.807, 2.05) is 0 Å². The Kier molecular flexibility index (Phi) is 8.42. The van der Waals surface area contributed by atoms with Gasteiger partial charge in [0.15, 0.2) is 0 Å². The van der Waals surface area contributed by atoms with Gasteiger partial charge in [0.1, 0.15) is 0 Å². The van der Waals surface area contributed by atoms with Crippen molar-refractivity contribution >= 4 is 0 Å². The van der Waals surface area contributed by atoms with Crippen LogP contribution in [0.15, 0.2) is 0 Å². The van der Waals surface area contributed by atoms with E-state index in [1.54, 1.807) is 66.8 Å². The van der Waals surface area contributed by atoms with Gasteiger partial charge in [0.25, 0.3) is 0 Å². The summed E-state index contributed by atoms with van der Waals surface area (Å²) in [5.41, 5.74) is 20.2. The SMILES string of the molecule is CCc1c(CC)c(CC)c2c(c1CC)Cc1c(c(C(C)C)c(C(C)C)c(C(C)C)c1C(C)C)C2. The minimum atomic E-state index is 0.558. The molecule has 0 unspecified atom stereocenters. The molecule has 0 bridgehead atoms. The average Bonchev–Trinajstić information content (AvgIpc) is 2.78. The molecule has 0 nitrogen and oxygen atoms in total. The molecule has 0 aliphatic heterocycles. The molecule has 0 amide bonds. The number of benzene rings is 2. The zero-order valence-corrected chi connectivity index (χ0v) is 24.6. The lowest BCUT2D eigenvalue weighted by Crippen LogP contribution is -2.24. The zero-order chi connectivity index (χ0) is 25.5. The lowest BCUT2D eigenvalue weighted by atomic mass is 9.67. The van der Waals surface area contributed by atoms with Crippen LogP contribution in [0, 0.1) is 0 Å². The Bertz CT molecular complexity index is 959. The molecule has 2 aromatic carbocycles. The van der Waals surface area contributed by atoms with Crippen LogP contribution in [0.4, 0.5) is 0 Å². The molecule has 188 valence electrons. The predicted octanol–water partition coefficient (Wildman–Crippen LogP) is 9.92. The van der Waals surface area contributed by atoms with Crippen LogP contribution in [0.2, 0.25) is 0 Å². The van der Waals surface area contributed by atoms with Gasteiger partial charge in [-0.15, -0.1) is 0 Å². The van der Waals surface area contributed by atoms with Gasteiger partial charge in [0.2, 0.25) is 0 Å². The molecule has 1 aliphatic carbocycles. The zero-order valence-electron chi connectivity index (χ0n) is 24.6. The molecule has 0 atom stereocenters. The quantitative estimate of drug-likeness (QED) is 0.314. The Hall–Kier alpha value is -1.56. The van der Waals surface area contributed by atoms with E-state index in [1.165, 1.54) is 0 Å². The van der Waals surface area contributed by atoms with Crippen LogP contribution in [-0.2, 0) is 38.5 Å². The van der Waals surface area contributed by atoms with Gasteiger partial charge in [-0.25, -0.2) is 0 Å². The van der Waals surface area contributed by atoms with Crippen LogP contribution >= 0.6 is 0 Å². The molecule has 0 saturated carbocycles. The monoisotopic (exact) mass is 460 g/mol. The Morgan fingerprint density at radius 1 is 0.382 bits per heavy atom. The molecule has 0 radical (unpaired) electrons. The number of fused-ring (bicyclic) bond motifs is 2. The molecule has 2 aromatic rings. The summed E-state index contributed by atoms with van der Waals surface area (Å²) in [4.78, 5) is 0. The van der Waals surface area contributed by atoms with Crippen molar-refractivity contribution in [1.82, 2.24) is 0 Å². The summed E-state index contributed by atoms with van der Waals surface area (Å²) < 4.78 is 0. The van der Waals surface area contributed by atoms with E-state index < -0.39 is 0 Å². The van der Waals surface area contributed by atoms with Gasteiger partial charge >= 0.3 is 0 Å². The van der Waals surface area contributed by atoms with Crippen molar-refractivity contribution in [2.45, 2.75) is 145 Å². The summed E-state index contributed by atoms with van der Waals surface area (Å²) in [6, 6.07) is 0. The Morgan fingerprint density at radius 2 is 0.647 bits per heavy atom. The minimum absolute atomic E-state index is 0.558. The van der Waals surface area contributed by atoms with Gasteiger partial charge in [-0.3, -0.25) is 0 Å².